The van der Waals surface area contributed by atoms with Gasteiger partial charge in [-0.1, -0.05) is 6.92 Å². The molecule has 1 aliphatic rings. The van der Waals surface area contributed by atoms with Crippen LogP contribution in [0.4, 0.5) is 0 Å². The van der Waals surface area contributed by atoms with E-state index in [2.05, 4.69) is 18.0 Å². The van der Waals surface area contributed by atoms with Crippen LogP contribution in [0, 0.1) is 0 Å². The van der Waals surface area contributed by atoms with Gasteiger partial charge in [-0.05, 0) is 37.3 Å². The first-order valence-electron chi connectivity index (χ1n) is 5.01. The van der Waals surface area contributed by atoms with Gasteiger partial charge in [0, 0.05) is 17.3 Å². The standard InChI is InChI=1S/C11H15NO/c1-2-9-6-10-8(7-13)4-3-5-11(10)12-9/h6-8,12H,2-5H2,1H3. The van der Waals surface area contributed by atoms with E-state index in [1.54, 1.807) is 0 Å². The largest absolute Gasteiger partial charge is 0.362 e. The van der Waals surface area contributed by atoms with Crippen LogP contribution < -0.4 is 0 Å². The molecule has 0 bridgehead atoms. The lowest BCUT2D eigenvalue weighted by Crippen LogP contribution is -2.08. The Labute approximate surface area is 78.4 Å². The van der Waals surface area contributed by atoms with Crippen LogP contribution in [0.3, 0.4) is 0 Å². The number of H-pyrrole nitrogens is 1. The molecule has 0 aromatic carbocycles. The van der Waals surface area contributed by atoms with Gasteiger partial charge in [-0.3, -0.25) is 0 Å². The molecule has 2 rings (SSSR count). The first-order chi connectivity index (χ1) is 6.35. The van der Waals surface area contributed by atoms with E-state index >= 15 is 0 Å². The van der Waals surface area contributed by atoms with Crippen molar-refractivity contribution >= 4 is 6.29 Å². The number of aryl methyl sites for hydroxylation is 2. The Hall–Kier alpha value is -1.05. The first kappa shape index (κ1) is 8.54. The second-order valence-electron chi connectivity index (χ2n) is 3.72. The number of rotatable bonds is 2. The second kappa shape index (κ2) is 3.36. The molecule has 0 saturated heterocycles. The van der Waals surface area contributed by atoms with Gasteiger partial charge in [0.15, 0.2) is 0 Å². The highest BCUT2D eigenvalue weighted by atomic mass is 16.1. The van der Waals surface area contributed by atoms with Gasteiger partial charge in [-0.25, -0.2) is 0 Å². The molecular formula is C11H15NO. The number of nitrogens with one attached hydrogen (secondary N) is 1. The van der Waals surface area contributed by atoms with E-state index in [0.29, 0.717) is 0 Å². The number of aromatic nitrogens is 1. The number of aromatic amines is 1. The predicted octanol–water partition coefficient (Wildman–Crippen LogP) is 2.20. The van der Waals surface area contributed by atoms with Crippen molar-refractivity contribution in [2.24, 2.45) is 0 Å². The third kappa shape index (κ3) is 1.41. The van der Waals surface area contributed by atoms with E-state index in [4.69, 9.17) is 0 Å². The van der Waals surface area contributed by atoms with Crippen molar-refractivity contribution in [1.82, 2.24) is 4.98 Å². The maximum atomic E-state index is 10.8. The lowest BCUT2D eigenvalue weighted by molar-refractivity contribution is -0.109. The number of hydrogen-bond acceptors (Lipinski definition) is 1. The fourth-order valence-electron chi connectivity index (χ4n) is 2.10. The summed E-state index contributed by atoms with van der Waals surface area (Å²) in [6, 6.07) is 2.16. The van der Waals surface area contributed by atoms with Crippen molar-refractivity contribution in [3.8, 4) is 0 Å². The number of hydrogen-bond donors (Lipinski definition) is 1. The lowest BCUT2D eigenvalue weighted by Gasteiger charge is -2.16. The summed E-state index contributed by atoms with van der Waals surface area (Å²) in [5, 5.41) is 0. The van der Waals surface area contributed by atoms with Gasteiger partial charge >= 0.3 is 0 Å². The Balaban J connectivity index is 2.37. The van der Waals surface area contributed by atoms with E-state index in [0.717, 1.165) is 32.0 Å². The topological polar surface area (TPSA) is 32.9 Å². The minimum absolute atomic E-state index is 0.153. The fraction of sp³-hybridized carbons (Fsp3) is 0.545. The molecule has 0 fully saturated rings. The van der Waals surface area contributed by atoms with Crippen molar-refractivity contribution in [2.75, 3.05) is 0 Å². The summed E-state index contributed by atoms with van der Waals surface area (Å²) in [7, 11) is 0. The van der Waals surface area contributed by atoms with Gasteiger partial charge in [0.25, 0.3) is 0 Å². The van der Waals surface area contributed by atoms with Gasteiger partial charge < -0.3 is 9.78 Å². The Morgan fingerprint density at radius 1 is 1.69 bits per heavy atom. The zero-order valence-corrected chi connectivity index (χ0v) is 7.97. The minimum Gasteiger partial charge on any atom is -0.362 e. The quantitative estimate of drug-likeness (QED) is 0.690. The third-order valence-electron chi connectivity index (χ3n) is 2.88. The highest BCUT2D eigenvalue weighted by molar-refractivity contribution is 5.63. The molecule has 70 valence electrons. The molecule has 1 aliphatic carbocycles. The summed E-state index contributed by atoms with van der Waals surface area (Å²) < 4.78 is 0. The van der Waals surface area contributed by atoms with Gasteiger partial charge in [0.2, 0.25) is 0 Å². The van der Waals surface area contributed by atoms with E-state index in [-0.39, 0.29) is 5.92 Å². The average molecular weight is 177 g/mol. The van der Waals surface area contributed by atoms with Gasteiger partial charge in [-0.15, -0.1) is 0 Å². The van der Waals surface area contributed by atoms with Gasteiger partial charge in [-0.2, -0.15) is 0 Å². The fourth-order valence-corrected chi connectivity index (χ4v) is 2.10. The van der Waals surface area contributed by atoms with E-state index in [9.17, 15) is 4.79 Å². The molecule has 1 N–H and O–H groups in total. The molecule has 1 aromatic rings. The van der Waals surface area contributed by atoms with Crippen LogP contribution in [0.15, 0.2) is 6.07 Å². The Morgan fingerprint density at radius 3 is 3.23 bits per heavy atom. The Kier molecular flexibility index (Phi) is 2.21. The van der Waals surface area contributed by atoms with Crippen molar-refractivity contribution in [2.45, 2.75) is 38.5 Å². The van der Waals surface area contributed by atoms with Crippen LogP contribution >= 0.6 is 0 Å². The molecule has 0 spiro atoms. The smallest absolute Gasteiger partial charge is 0.127 e. The van der Waals surface area contributed by atoms with Crippen LogP contribution in [0.25, 0.3) is 0 Å². The maximum absolute atomic E-state index is 10.8. The monoisotopic (exact) mass is 177 g/mol. The molecule has 1 aromatic heterocycles. The minimum atomic E-state index is 0.153. The highest BCUT2D eigenvalue weighted by Gasteiger charge is 2.21. The second-order valence-corrected chi connectivity index (χ2v) is 3.72. The summed E-state index contributed by atoms with van der Waals surface area (Å²) in [5.41, 5.74) is 3.80. The molecule has 13 heavy (non-hydrogen) atoms. The van der Waals surface area contributed by atoms with Crippen molar-refractivity contribution in [3.05, 3.63) is 23.0 Å². The number of carbonyl (C=O) groups excluding carboxylic acids is 1. The molecule has 0 aliphatic heterocycles. The number of carbonyl (C=O) groups is 1. The van der Waals surface area contributed by atoms with Crippen LogP contribution in [-0.2, 0) is 17.6 Å². The highest BCUT2D eigenvalue weighted by Crippen LogP contribution is 2.30. The van der Waals surface area contributed by atoms with E-state index in [1.165, 1.54) is 17.0 Å². The number of fused-ring (bicyclic) bond motifs is 1. The van der Waals surface area contributed by atoms with Gasteiger partial charge in [0.05, 0.1) is 0 Å². The van der Waals surface area contributed by atoms with E-state index in [1.807, 2.05) is 0 Å². The first-order valence-corrected chi connectivity index (χ1v) is 5.01. The lowest BCUT2D eigenvalue weighted by atomic mass is 9.88. The third-order valence-corrected chi connectivity index (χ3v) is 2.88. The van der Waals surface area contributed by atoms with Crippen molar-refractivity contribution in [3.63, 3.8) is 0 Å². The zero-order chi connectivity index (χ0) is 9.26. The molecular weight excluding hydrogens is 162 g/mol. The van der Waals surface area contributed by atoms with Gasteiger partial charge in [0.1, 0.15) is 6.29 Å². The molecule has 2 nitrogen and oxygen atoms in total. The summed E-state index contributed by atoms with van der Waals surface area (Å²) >= 11 is 0. The molecule has 1 atom stereocenters. The van der Waals surface area contributed by atoms with E-state index < -0.39 is 0 Å². The Morgan fingerprint density at radius 2 is 2.54 bits per heavy atom. The molecule has 2 heteroatoms. The normalized spacial score (nSPS) is 21.2. The molecule has 1 heterocycles. The van der Waals surface area contributed by atoms with Crippen LogP contribution in [0.1, 0.15) is 42.6 Å². The Bertz CT molecular complexity index is 314. The summed E-state index contributed by atoms with van der Waals surface area (Å²) in [6.45, 7) is 2.13. The average Bonchev–Trinajstić information content (AvgIpc) is 2.59. The van der Waals surface area contributed by atoms with Crippen LogP contribution in [0.2, 0.25) is 0 Å². The SMILES string of the molecule is CCc1cc2c([nH]1)CCCC2C=O. The molecule has 0 saturated carbocycles. The van der Waals surface area contributed by atoms with Crippen LogP contribution in [0.5, 0.6) is 0 Å². The molecule has 0 radical (unpaired) electrons. The summed E-state index contributed by atoms with van der Waals surface area (Å²) in [5.74, 6) is 0.153. The summed E-state index contributed by atoms with van der Waals surface area (Å²) in [4.78, 5) is 14.2. The van der Waals surface area contributed by atoms with Crippen molar-refractivity contribution in [1.29, 1.82) is 0 Å². The maximum Gasteiger partial charge on any atom is 0.127 e. The molecule has 0 amide bonds. The summed E-state index contributed by atoms with van der Waals surface area (Å²) in [6.07, 6.45) is 5.39. The van der Waals surface area contributed by atoms with Crippen molar-refractivity contribution < 1.29 is 4.79 Å². The number of aldehydes is 1. The predicted molar refractivity (Wildman–Crippen MR) is 51.9 cm³/mol. The molecule has 1 unspecified atom stereocenters. The zero-order valence-electron chi connectivity index (χ0n) is 7.97. The van der Waals surface area contributed by atoms with Crippen LogP contribution in [-0.4, -0.2) is 11.3 Å².